The fourth-order valence-electron chi connectivity index (χ4n) is 7.78. The molecule has 0 unspecified atom stereocenters. The maximum absolute atomic E-state index is 10.3. The summed E-state index contributed by atoms with van der Waals surface area (Å²) in [6, 6.07) is 0. The minimum absolute atomic E-state index is 0. The first kappa shape index (κ1) is 66.6. The zero-order valence-electron chi connectivity index (χ0n) is 41.6. The van der Waals surface area contributed by atoms with Gasteiger partial charge in [0.1, 0.15) is 0 Å². The van der Waals surface area contributed by atoms with Crippen LogP contribution in [0.5, 0.6) is 0 Å². The predicted octanol–water partition coefficient (Wildman–Crippen LogP) is 18.8. The summed E-state index contributed by atoms with van der Waals surface area (Å²) in [5, 5.41) is 25.5. The van der Waals surface area contributed by atoms with Gasteiger partial charge in [0.05, 0.1) is 0 Å². The van der Waals surface area contributed by atoms with Crippen LogP contribution >= 0.6 is 0 Å². The minimum Gasteiger partial charge on any atom is -0.481 e. The smallest absolute Gasteiger partial charge is 0.303 e. The van der Waals surface area contributed by atoms with Crippen molar-refractivity contribution in [1.82, 2.24) is 0 Å². The molecule has 0 bridgehead atoms. The Labute approximate surface area is 394 Å². The van der Waals surface area contributed by atoms with Gasteiger partial charge in [0.15, 0.2) is 0 Å². The third kappa shape index (κ3) is 76.7. The van der Waals surface area contributed by atoms with Crippen LogP contribution in [-0.2, 0) is 33.9 Å². The van der Waals surface area contributed by atoms with E-state index in [0.717, 1.165) is 38.5 Å². The van der Waals surface area contributed by atoms with Crippen molar-refractivity contribution in [2.45, 2.75) is 323 Å². The Hall–Kier alpha value is -0.967. The Morgan fingerprint density at radius 2 is 0.410 bits per heavy atom. The molecule has 0 aromatic carbocycles. The maximum Gasteiger partial charge on any atom is 0.303 e. The van der Waals surface area contributed by atoms with Crippen LogP contribution in [0.1, 0.15) is 323 Å². The van der Waals surface area contributed by atoms with Crippen molar-refractivity contribution in [3.05, 3.63) is 6.42 Å². The minimum atomic E-state index is -0.658. The Morgan fingerprint density at radius 3 is 0.574 bits per heavy atom. The first-order valence-corrected chi connectivity index (χ1v) is 26.8. The van der Waals surface area contributed by atoms with Crippen LogP contribution in [0.4, 0.5) is 0 Å². The van der Waals surface area contributed by atoms with Gasteiger partial charge in [-0.3, -0.25) is 14.4 Å². The molecular weight excluding hydrogens is 810 g/mol. The van der Waals surface area contributed by atoms with Gasteiger partial charge in [-0.1, -0.05) is 271 Å². The summed E-state index contributed by atoms with van der Waals surface area (Å²) in [6.45, 7) is 6.80. The molecule has 0 amide bonds. The van der Waals surface area contributed by atoms with E-state index in [9.17, 15) is 14.4 Å². The van der Waals surface area contributed by atoms with Crippen molar-refractivity contribution < 1.29 is 49.2 Å². The van der Waals surface area contributed by atoms with Crippen molar-refractivity contribution in [3.63, 3.8) is 0 Å². The van der Waals surface area contributed by atoms with E-state index in [4.69, 9.17) is 15.3 Å². The van der Waals surface area contributed by atoms with Crippen molar-refractivity contribution in [3.8, 4) is 0 Å². The number of aliphatic carboxylic acids is 3. The Morgan fingerprint density at radius 1 is 0.262 bits per heavy atom. The summed E-state index contributed by atoms with van der Waals surface area (Å²) in [4.78, 5) is 31.0. The van der Waals surface area contributed by atoms with Crippen molar-refractivity contribution in [1.29, 1.82) is 0 Å². The topological polar surface area (TPSA) is 112 Å². The van der Waals surface area contributed by atoms with Gasteiger partial charge >= 0.3 is 17.9 Å². The molecule has 0 saturated heterocycles. The molecule has 7 heteroatoms. The van der Waals surface area contributed by atoms with E-state index >= 15 is 0 Å². The molecule has 362 valence electrons. The molecule has 0 fully saturated rings. The SMILES string of the molecule is CCCCCCCCCCCCCCCCCC(=O)O.CCCCCCCCCCCCCCCCCC(=O)O.CCCCCCCC[CH-]CCCCCCCCC(=O)O.[Zn]. The van der Waals surface area contributed by atoms with E-state index in [1.807, 2.05) is 0 Å². The van der Waals surface area contributed by atoms with Crippen LogP contribution in [0.3, 0.4) is 0 Å². The van der Waals surface area contributed by atoms with Crippen molar-refractivity contribution in [2.75, 3.05) is 0 Å². The van der Waals surface area contributed by atoms with E-state index in [1.54, 1.807) is 0 Å². The molecule has 6 nitrogen and oxygen atoms in total. The third-order valence-corrected chi connectivity index (χ3v) is 11.8. The molecule has 0 heterocycles. The van der Waals surface area contributed by atoms with Gasteiger partial charge in [0.2, 0.25) is 0 Å². The average molecular weight is 918 g/mol. The summed E-state index contributed by atoms with van der Waals surface area (Å²) in [6.07, 6.45) is 61.1. The monoisotopic (exact) mass is 916 g/mol. The van der Waals surface area contributed by atoms with Crippen LogP contribution in [-0.4, -0.2) is 33.2 Å². The zero-order valence-corrected chi connectivity index (χ0v) is 44.6. The molecule has 0 atom stereocenters. The molecular formula is C54H107O6Zn-. The third-order valence-electron chi connectivity index (χ3n) is 11.8. The number of rotatable bonds is 48. The number of carboxylic acids is 3. The van der Waals surface area contributed by atoms with Crippen LogP contribution in [0.15, 0.2) is 0 Å². The van der Waals surface area contributed by atoms with E-state index in [-0.39, 0.29) is 19.5 Å². The zero-order chi connectivity index (χ0) is 44.7. The second kappa shape index (κ2) is 63.3. The van der Waals surface area contributed by atoms with Gasteiger partial charge in [0.25, 0.3) is 0 Å². The molecule has 0 aromatic rings. The fraction of sp³-hybridized carbons (Fsp3) is 0.926. The Bertz CT molecular complexity index is 717. The molecule has 0 spiro atoms. The summed E-state index contributed by atoms with van der Waals surface area (Å²) in [5.74, 6) is -1.96. The Kier molecular flexibility index (Phi) is 69.2. The molecule has 0 aromatic heterocycles. The van der Waals surface area contributed by atoms with E-state index in [1.165, 1.54) is 244 Å². The number of carbonyl (C=O) groups is 3. The Balaban J connectivity index is -0.000000396. The summed E-state index contributed by atoms with van der Waals surface area (Å²) >= 11 is 0. The van der Waals surface area contributed by atoms with E-state index in [0.29, 0.717) is 19.3 Å². The van der Waals surface area contributed by atoms with Crippen LogP contribution in [0.25, 0.3) is 0 Å². The van der Waals surface area contributed by atoms with E-state index < -0.39 is 17.9 Å². The molecule has 61 heavy (non-hydrogen) atoms. The van der Waals surface area contributed by atoms with Gasteiger partial charge in [-0.2, -0.15) is 12.8 Å². The predicted molar refractivity (Wildman–Crippen MR) is 261 cm³/mol. The largest absolute Gasteiger partial charge is 0.481 e. The normalized spacial score (nSPS) is 10.7. The molecule has 0 aliphatic carbocycles. The maximum atomic E-state index is 10.3. The first-order chi connectivity index (χ1) is 29.3. The van der Waals surface area contributed by atoms with Crippen molar-refractivity contribution >= 4 is 17.9 Å². The standard InChI is InChI=1S/2C18H36O2.C18H35O2.Zn/c3*1-2-3-4-5-6-7-8-9-10-11-12-13-14-15-16-17-18(19)20;/h2*2-17H2,1H3,(H,19,20);9H,2-8,10-17H2,1H3,(H,19,20);/q;;-1;. The van der Waals surface area contributed by atoms with Crippen LogP contribution in [0.2, 0.25) is 0 Å². The van der Waals surface area contributed by atoms with Crippen LogP contribution < -0.4 is 0 Å². The summed E-state index contributed by atoms with van der Waals surface area (Å²) in [5.41, 5.74) is 0. The van der Waals surface area contributed by atoms with Gasteiger partial charge < -0.3 is 21.7 Å². The number of unbranched alkanes of at least 4 members (excludes halogenated alkanes) is 42. The van der Waals surface area contributed by atoms with Gasteiger partial charge in [-0.15, -0.1) is 0 Å². The molecule has 3 N–H and O–H groups in total. The second-order valence-electron chi connectivity index (χ2n) is 18.1. The first-order valence-electron chi connectivity index (χ1n) is 26.8. The van der Waals surface area contributed by atoms with Gasteiger partial charge in [0, 0.05) is 38.7 Å². The van der Waals surface area contributed by atoms with Crippen LogP contribution in [0, 0.1) is 6.42 Å². The summed E-state index contributed by atoms with van der Waals surface area (Å²) in [7, 11) is 0. The molecule has 0 aliphatic rings. The van der Waals surface area contributed by atoms with Crippen molar-refractivity contribution in [2.24, 2.45) is 0 Å². The fourth-order valence-corrected chi connectivity index (χ4v) is 7.78. The molecule has 0 saturated carbocycles. The molecule has 0 aliphatic heterocycles. The average Bonchev–Trinajstić information content (AvgIpc) is 3.22. The number of hydrogen-bond acceptors (Lipinski definition) is 3. The van der Waals surface area contributed by atoms with Gasteiger partial charge in [-0.25, -0.2) is 0 Å². The molecule has 0 rings (SSSR count). The number of hydrogen-bond donors (Lipinski definition) is 3. The number of carboxylic acid groups (broad SMARTS) is 3. The summed E-state index contributed by atoms with van der Waals surface area (Å²) < 4.78 is 0. The quantitative estimate of drug-likeness (QED) is 0.0318. The second-order valence-corrected chi connectivity index (χ2v) is 18.1. The molecule has 0 radical (unpaired) electrons. The van der Waals surface area contributed by atoms with E-state index in [2.05, 4.69) is 27.2 Å². The van der Waals surface area contributed by atoms with Gasteiger partial charge in [-0.05, 0) is 19.3 Å².